The molecule has 3 aliphatic heterocycles. The van der Waals surface area contributed by atoms with Crippen LogP contribution in [0.4, 0.5) is 0 Å². The number of amidine groups is 1. The Morgan fingerprint density at radius 2 is 2.03 bits per heavy atom. The zero-order valence-electron chi connectivity index (χ0n) is 19.9. The van der Waals surface area contributed by atoms with Crippen molar-refractivity contribution in [1.29, 1.82) is 0 Å². The number of aliphatic hydroxyl groups excluding tert-OH is 1. The fraction of sp³-hybridized carbons (Fsp3) is 0.565. The highest BCUT2D eigenvalue weighted by Gasteiger charge is 2.50. The molecule has 3 N–H and O–H groups in total. The number of nitrogens with zero attached hydrogens (tertiary/aromatic N) is 4. The molecule has 33 heavy (non-hydrogen) atoms. The number of benzene rings is 1. The molecule has 3 heterocycles. The average molecular weight is 472 g/mol. The van der Waals surface area contributed by atoms with Gasteiger partial charge < -0.3 is 19.2 Å². The summed E-state index contributed by atoms with van der Waals surface area (Å²) in [6.45, 7) is 11.4. The number of Topliss-reactive ketones (excluding diaryl/α,β-unsaturated/α-hetero) is 1. The highest BCUT2D eigenvalue weighted by Crippen LogP contribution is 2.37. The smallest absolute Gasteiger partial charge is 0.219 e. The number of ketones is 1. The van der Waals surface area contributed by atoms with Crippen LogP contribution >= 0.6 is 0 Å². The molecule has 1 aromatic rings. The van der Waals surface area contributed by atoms with Gasteiger partial charge in [-0.1, -0.05) is 51.1 Å². The Kier molecular flexibility index (Phi) is 6.17. The monoisotopic (exact) mass is 471 g/mol. The third kappa shape index (κ3) is 4.33. The number of hydrogen-bond donors (Lipinski definition) is 2. The van der Waals surface area contributed by atoms with Crippen LogP contribution in [0.2, 0.25) is 18.1 Å². The van der Waals surface area contributed by atoms with Crippen LogP contribution in [0.25, 0.3) is 0 Å². The van der Waals surface area contributed by atoms with Crippen molar-refractivity contribution >= 4 is 32.0 Å². The Labute approximate surface area is 195 Å². The standard InChI is InChI=1S/C23H33N5O4Si/c1-22(2,3)33(4,5)31-12-17-16(29)11-18(32-17)28-14-26-19-21(28)25-13-27-23(19,24)20(30)15-9-7-6-8-10-15/h6-10,13,16-18,29H,11-12,14,24H2,1-5H3/t16-,17+,18+,23?/m0/s1. The number of aliphatic imine (C=N–C) groups is 3. The first-order valence-electron chi connectivity index (χ1n) is 11.2. The van der Waals surface area contributed by atoms with Crippen LogP contribution in [0.15, 0.2) is 45.3 Å². The van der Waals surface area contributed by atoms with Crippen LogP contribution in [0.5, 0.6) is 0 Å². The Morgan fingerprint density at radius 1 is 1.33 bits per heavy atom. The molecular weight excluding hydrogens is 438 g/mol. The molecule has 9 nitrogen and oxygen atoms in total. The van der Waals surface area contributed by atoms with Crippen LogP contribution in [-0.4, -0.2) is 79.4 Å². The van der Waals surface area contributed by atoms with Crippen molar-refractivity contribution in [3.63, 3.8) is 0 Å². The molecule has 1 saturated heterocycles. The highest BCUT2D eigenvalue weighted by molar-refractivity contribution is 6.74. The zero-order valence-corrected chi connectivity index (χ0v) is 20.9. The van der Waals surface area contributed by atoms with Gasteiger partial charge in [0.1, 0.15) is 31.1 Å². The summed E-state index contributed by atoms with van der Waals surface area (Å²) in [4.78, 5) is 28.1. The minimum atomic E-state index is -1.97. The maximum absolute atomic E-state index is 13.2. The highest BCUT2D eigenvalue weighted by atomic mass is 28.4. The van der Waals surface area contributed by atoms with E-state index in [0.717, 1.165) is 0 Å². The summed E-state index contributed by atoms with van der Waals surface area (Å²) in [5.41, 5.74) is 5.61. The maximum atomic E-state index is 13.2. The van der Waals surface area contributed by atoms with Crippen molar-refractivity contribution < 1.29 is 19.1 Å². The Bertz CT molecular complexity index is 1000. The molecule has 1 fully saturated rings. The summed E-state index contributed by atoms with van der Waals surface area (Å²) in [6.07, 6.45) is 0.122. The van der Waals surface area contributed by atoms with Gasteiger partial charge in [-0.25, -0.2) is 9.98 Å². The van der Waals surface area contributed by atoms with Crippen LogP contribution in [-0.2, 0) is 9.16 Å². The van der Waals surface area contributed by atoms with Crippen molar-refractivity contribution in [3.05, 3.63) is 35.9 Å². The minimum absolute atomic E-state index is 0.0690. The van der Waals surface area contributed by atoms with Gasteiger partial charge in [0.2, 0.25) is 11.4 Å². The first-order valence-corrected chi connectivity index (χ1v) is 14.1. The van der Waals surface area contributed by atoms with Gasteiger partial charge >= 0.3 is 0 Å². The Morgan fingerprint density at radius 3 is 2.70 bits per heavy atom. The van der Waals surface area contributed by atoms with Crippen molar-refractivity contribution in [2.24, 2.45) is 20.7 Å². The van der Waals surface area contributed by atoms with Crippen LogP contribution in [0.1, 0.15) is 37.6 Å². The molecule has 0 radical (unpaired) electrons. The average Bonchev–Trinajstić information content (AvgIpc) is 3.36. The van der Waals surface area contributed by atoms with Crippen LogP contribution < -0.4 is 5.73 Å². The van der Waals surface area contributed by atoms with E-state index in [1.807, 2.05) is 11.0 Å². The quantitative estimate of drug-likeness (QED) is 0.484. The number of carbonyl (C=O) groups is 1. The van der Waals surface area contributed by atoms with Gasteiger partial charge in [0, 0.05) is 12.0 Å². The van der Waals surface area contributed by atoms with Crippen molar-refractivity contribution in [1.82, 2.24) is 4.90 Å². The largest absolute Gasteiger partial charge is 0.414 e. The van der Waals surface area contributed by atoms with Crippen molar-refractivity contribution in [2.75, 3.05) is 13.3 Å². The summed E-state index contributed by atoms with van der Waals surface area (Å²) >= 11 is 0. The van der Waals surface area contributed by atoms with E-state index >= 15 is 0 Å². The summed E-state index contributed by atoms with van der Waals surface area (Å²) in [6, 6.07) is 8.80. The molecule has 4 atom stereocenters. The lowest BCUT2D eigenvalue weighted by Gasteiger charge is -2.37. The second kappa shape index (κ2) is 8.52. The SMILES string of the molecule is CC(C)(C)[Si](C)(C)OC[C@H]1O[C@@H](N2CN=C3C2=NC=NC3(N)C(=O)c2ccccc2)C[C@@H]1O. The van der Waals surface area contributed by atoms with Gasteiger partial charge in [0.25, 0.3) is 0 Å². The van der Waals surface area contributed by atoms with Crippen LogP contribution in [0, 0.1) is 0 Å². The van der Waals surface area contributed by atoms with Gasteiger partial charge in [-0.3, -0.25) is 15.5 Å². The first-order chi connectivity index (χ1) is 15.4. The number of nitrogens with two attached hydrogens (primary N) is 1. The summed E-state index contributed by atoms with van der Waals surface area (Å²) < 4.78 is 12.4. The second-order valence-electron chi connectivity index (χ2n) is 10.3. The molecule has 3 aliphatic rings. The van der Waals surface area contributed by atoms with Gasteiger partial charge in [0.15, 0.2) is 14.2 Å². The molecule has 178 valence electrons. The molecule has 10 heteroatoms. The molecule has 0 aromatic heterocycles. The first kappa shape index (κ1) is 23.9. The molecule has 1 aromatic carbocycles. The van der Waals surface area contributed by atoms with Crippen molar-refractivity contribution in [3.8, 4) is 0 Å². The number of hydrogen-bond acceptors (Lipinski definition) is 9. The zero-order chi connectivity index (χ0) is 24.0. The van der Waals surface area contributed by atoms with E-state index in [4.69, 9.17) is 14.9 Å². The van der Waals surface area contributed by atoms with Gasteiger partial charge in [0.05, 0.1) is 12.7 Å². The molecule has 0 amide bonds. The minimum Gasteiger partial charge on any atom is -0.414 e. The van der Waals surface area contributed by atoms with E-state index in [2.05, 4.69) is 48.8 Å². The fourth-order valence-electron chi connectivity index (χ4n) is 3.85. The normalized spacial score (nSPS) is 29.7. The predicted octanol–water partition coefficient (Wildman–Crippen LogP) is 2.18. The molecular formula is C23H33N5O4Si. The Hall–Kier alpha value is -2.24. The number of fused-ring (bicyclic) bond motifs is 1. The van der Waals surface area contributed by atoms with E-state index in [1.165, 1.54) is 6.34 Å². The van der Waals surface area contributed by atoms with E-state index < -0.39 is 32.4 Å². The molecule has 4 rings (SSSR count). The molecule has 1 unspecified atom stereocenters. The number of rotatable bonds is 6. The number of ether oxygens (including phenoxy) is 1. The van der Waals surface area contributed by atoms with E-state index in [-0.39, 0.29) is 17.5 Å². The lowest BCUT2D eigenvalue weighted by molar-refractivity contribution is -0.0536. The van der Waals surface area contributed by atoms with Gasteiger partial charge in [-0.15, -0.1) is 0 Å². The lowest BCUT2D eigenvalue weighted by atomic mass is 9.93. The third-order valence-corrected chi connectivity index (χ3v) is 11.5. The second-order valence-corrected chi connectivity index (χ2v) is 15.1. The summed E-state index contributed by atoms with van der Waals surface area (Å²) in [7, 11) is -1.97. The maximum Gasteiger partial charge on any atom is 0.219 e. The summed E-state index contributed by atoms with van der Waals surface area (Å²) in [5.74, 6) is 0.111. The van der Waals surface area contributed by atoms with Crippen molar-refractivity contribution in [2.45, 2.75) is 69.4 Å². The molecule has 0 aliphatic carbocycles. The number of aliphatic hydroxyl groups is 1. The topological polar surface area (TPSA) is 122 Å². The van der Waals surface area contributed by atoms with E-state index in [0.29, 0.717) is 30.1 Å². The van der Waals surface area contributed by atoms with Gasteiger partial charge in [-0.2, -0.15) is 0 Å². The predicted molar refractivity (Wildman–Crippen MR) is 130 cm³/mol. The Balaban J connectivity index is 1.46. The third-order valence-electron chi connectivity index (χ3n) is 7.02. The van der Waals surface area contributed by atoms with Gasteiger partial charge in [-0.05, 0) is 18.1 Å². The molecule has 0 bridgehead atoms. The molecule has 0 saturated carbocycles. The van der Waals surface area contributed by atoms with E-state index in [1.54, 1.807) is 24.3 Å². The summed E-state index contributed by atoms with van der Waals surface area (Å²) in [5, 5.41) is 10.7. The van der Waals surface area contributed by atoms with Crippen LogP contribution in [0.3, 0.4) is 0 Å². The molecule has 0 spiro atoms. The fourth-order valence-corrected chi connectivity index (χ4v) is 4.86. The number of carbonyl (C=O) groups excluding carboxylic acids is 1. The lowest BCUT2D eigenvalue weighted by Crippen LogP contribution is -2.59. The van der Waals surface area contributed by atoms with E-state index in [9.17, 15) is 9.90 Å².